The Kier molecular flexibility index (Phi) is 6.49. The standard InChI is InChI=1S/C21H19F6N3O2/c22-20(23,24)16-9-15(10-17(11-16)21(25,26)27)19(32)30-7-5-29(6-8-30)12-13-1-3-14(4-2-13)18(28)31/h1-4,9-11H,5-8,12H2,(H2,28,31). The number of hydrogen-bond donors (Lipinski definition) is 1. The maximum atomic E-state index is 13.0. The number of primary amides is 1. The van der Waals surface area contributed by atoms with Crippen molar-refractivity contribution in [3.05, 3.63) is 70.3 Å². The van der Waals surface area contributed by atoms with Gasteiger partial charge in [-0.1, -0.05) is 12.1 Å². The third kappa shape index (κ3) is 5.58. The third-order valence-corrected chi connectivity index (χ3v) is 5.14. The lowest BCUT2D eigenvalue weighted by molar-refractivity contribution is -0.143. The summed E-state index contributed by atoms with van der Waals surface area (Å²) < 4.78 is 78.3. The second-order valence-corrected chi connectivity index (χ2v) is 7.42. The van der Waals surface area contributed by atoms with Gasteiger partial charge >= 0.3 is 12.4 Å². The summed E-state index contributed by atoms with van der Waals surface area (Å²) in [5.41, 5.74) is 2.76. The number of piperazine rings is 1. The van der Waals surface area contributed by atoms with E-state index in [1.807, 2.05) is 4.90 Å². The van der Waals surface area contributed by atoms with Gasteiger partial charge in [0.2, 0.25) is 5.91 Å². The molecule has 11 heteroatoms. The molecule has 32 heavy (non-hydrogen) atoms. The van der Waals surface area contributed by atoms with E-state index in [9.17, 15) is 35.9 Å². The lowest BCUT2D eigenvalue weighted by Crippen LogP contribution is -2.48. The van der Waals surface area contributed by atoms with Crippen molar-refractivity contribution >= 4 is 11.8 Å². The summed E-state index contributed by atoms with van der Waals surface area (Å²) in [6.45, 7) is 1.57. The molecule has 1 heterocycles. The van der Waals surface area contributed by atoms with Crippen molar-refractivity contribution in [2.24, 2.45) is 5.73 Å². The highest BCUT2D eigenvalue weighted by Gasteiger charge is 2.38. The van der Waals surface area contributed by atoms with Gasteiger partial charge in [-0.25, -0.2) is 0 Å². The number of alkyl halides is 6. The molecule has 0 bridgehead atoms. The van der Waals surface area contributed by atoms with Gasteiger partial charge in [-0.2, -0.15) is 26.3 Å². The molecule has 1 saturated heterocycles. The van der Waals surface area contributed by atoms with E-state index in [4.69, 9.17) is 5.73 Å². The molecule has 2 aromatic carbocycles. The van der Waals surface area contributed by atoms with Gasteiger partial charge in [0.05, 0.1) is 11.1 Å². The molecule has 2 amide bonds. The van der Waals surface area contributed by atoms with E-state index in [0.717, 1.165) is 5.56 Å². The van der Waals surface area contributed by atoms with Crippen LogP contribution in [0.4, 0.5) is 26.3 Å². The third-order valence-electron chi connectivity index (χ3n) is 5.14. The highest BCUT2D eigenvalue weighted by molar-refractivity contribution is 5.95. The molecule has 1 aliphatic rings. The minimum Gasteiger partial charge on any atom is -0.366 e. The monoisotopic (exact) mass is 459 g/mol. The van der Waals surface area contributed by atoms with Crippen LogP contribution >= 0.6 is 0 Å². The molecule has 0 saturated carbocycles. The van der Waals surface area contributed by atoms with Gasteiger partial charge < -0.3 is 10.6 Å². The predicted octanol–water partition coefficient (Wildman–Crippen LogP) is 3.78. The molecule has 2 aromatic rings. The molecule has 172 valence electrons. The summed E-state index contributed by atoms with van der Waals surface area (Å²) in [7, 11) is 0. The fourth-order valence-electron chi connectivity index (χ4n) is 3.40. The lowest BCUT2D eigenvalue weighted by Gasteiger charge is -2.35. The average molecular weight is 459 g/mol. The number of rotatable bonds is 4. The Morgan fingerprint density at radius 1 is 0.781 bits per heavy atom. The van der Waals surface area contributed by atoms with E-state index < -0.39 is 40.9 Å². The summed E-state index contributed by atoms with van der Waals surface area (Å²) in [5.74, 6) is -1.43. The van der Waals surface area contributed by atoms with E-state index in [1.54, 1.807) is 24.3 Å². The Morgan fingerprint density at radius 3 is 1.72 bits per heavy atom. The topological polar surface area (TPSA) is 66.6 Å². The van der Waals surface area contributed by atoms with Crippen LogP contribution in [-0.2, 0) is 18.9 Å². The van der Waals surface area contributed by atoms with Crippen molar-refractivity contribution < 1.29 is 35.9 Å². The van der Waals surface area contributed by atoms with Crippen molar-refractivity contribution in [2.75, 3.05) is 26.2 Å². The maximum Gasteiger partial charge on any atom is 0.416 e. The Morgan fingerprint density at radius 2 is 1.28 bits per heavy atom. The molecule has 0 atom stereocenters. The molecular weight excluding hydrogens is 440 g/mol. The van der Waals surface area contributed by atoms with Crippen molar-refractivity contribution in [1.29, 1.82) is 0 Å². The van der Waals surface area contributed by atoms with Gasteiger partial charge in [0.15, 0.2) is 0 Å². The first-order valence-corrected chi connectivity index (χ1v) is 9.54. The fraction of sp³-hybridized carbons (Fsp3) is 0.333. The van der Waals surface area contributed by atoms with Gasteiger partial charge in [0.1, 0.15) is 0 Å². The Hall–Kier alpha value is -3.08. The number of carbonyl (C=O) groups is 2. The zero-order valence-corrected chi connectivity index (χ0v) is 16.6. The minimum absolute atomic E-state index is 0.00176. The smallest absolute Gasteiger partial charge is 0.366 e. The number of amides is 2. The van der Waals surface area contributed by atoms with Crippen LogP contribution < -0.4 is 5.73 Å². The van der Waals surface area contributed by atoms with E-state index in [0.29, 0.717) is 37.3 Å². The molecular formula is C21H19F6N3O2. The van der Waals surface area contributed by atoms with Crippen LogP contribution in [0.15, 0.2) is 42.5 Å². The summed E-state index contributed by atoms with van der Waals surface area (Å²) in [4.78, 5) is 27.0. The Balaban J connectivity index is 1.69. The van der Waals surface area contributed by atoms with Crippen LogP contribution in [-0.4, -0.2) is 47.8 Å². The Labute approximate surface area is 179 Å². The van der Waals surface area contributed by atoms with Gasteiger partial charge in [-0.05, 0) is 35.9 Å². The van der Waals surface area contributed by atoms with Gasteiger partial charge in [0.25, 0.3) is 5.91 Å². The summed E-state index contributed by atoms with van der Waals surface area (Å²) in [6, 6.07) is 7.54. The number of carbonyl (C=O) groups excluding carboxylic acids is 2. The molecule has 0 aliphatic carbocycles. The zero-order valence-electron chi connectivity index (χ0n) is 16.6. The SMILES string of the molecule is NC(=O)c1ccc(CN2CCN(C(=O)c3cc(C(F)(F)F)cc(C(F)(F)F)c3)CC2)cc1. The van der Waals surface area contributed by atoms with Crippen molar-refractivity contribution in [3.63, 3.8) is 0 Å². The second kappa shape index (κ2) is 8.81. The Bertz CT molecular complexity index is 962. The van der Waals surface area contributed by atoms with E-state index >= 15 is 0 Å². The van der Waals surface area contributed by atoms with Crippen LogP contribution in [0.1, 0.15) is 37.4 Å². The summed E-state index contributed by atoms with van der Waals surface area (Å²) in [6.07, 6.45) is -10.0. The predicted molar refractivity (Wildman–Crippen MR) is 103 cm³/mol. The number of halogens is 6. The number of benzene rings is 2. The molecule has 0 aromatic heterocycles. The fourth-order valence-corrected chi connectivity index (χ4v) is 3.40. The summed E-state index contributed by atoms with van der Waals surface area (Å²) in [5, 5.41) is 0. The number of hydrogen-bond acceptors (Lipinski definition) is 3. The van der Waals surface area contributed by atoms with Gasteiger partial charge in [0, 0.05) is 43.9 Å². The molecule has 5 nitrogen and oxygen atoms in total. The first kappa shape index (κ1) is 23.6. The average Bonchev–Trinajstić information content (AvgIpc) is 2.72. The lowest BCUT2D eigenvalue weighted by atomic mass is 10.0. The zero-order chi connectivity index (χ0) is 23.7. The quantitative estimate of drug-likeness (QED) is 0.708. The van der Waals surface area contributed by atoms with Crippen LogP contribution in [0.25, 0.3) is 0 Å². The molecule has 2 N–H and O–H groups in total. The maximum absolute atomic E-state index is 13.0. The van der Waals surface area contributed by atoms with E-state index in [2.05, 4.69) is 0 Å². The van der Waals surface area contributed by atoms with Crippen LogP contribution in [0, 0.1) is 0 Å². The van der Waals surface area contributed by atoms with E-state index in [-0.39, 0.29) is 19.2 Å². The van der Waals surface area contributed by atoms with Crippen LogP contribution in [0.3, 0.4) is 0 Å². The molecule has 0 radical (unpaired) electrons. The van der Waals surface area contributed by atoms with Gasteiger partial charge in [-0.15, -0.1) is 0 Å². The molecule has 0 spiro atoms. The number of nitrogens with zero attached hydrogens (tertiary/aromatic N) is 2. The highest BCUT2D eigenvalue weighted by Crippen LogP contribution is 2.36. The van der Waals surface area contributed by atoms with Crippen LogP contribution in [0.5, 0.6) is 0 Å². The number of nitrogens with two attached hydrogens (primary N) is 1. The minimum atomic E-state index is -5.01. The highest BCUT2D eigenvalue weighted by atomic mass is 19.4. The van der Waals surface area contributed by atoms with Crippen molar-refractivity contribution in [2.45, 2.75) is 18.9 Å². The molecule has 3 rings (SSSR count). The normalized spacial score (nSPS) is 15.6. The van der Waals surface area contributed by atoms with E-state index in [1.165, 1.54) is 4.90 Å². The van der Waals surface area contributed by atoms with Crippen molar-refractivity contribution in [3.8, 4) is 0 Å². The molecule has 1 fully saturated rings. The second-order valence-electron chi connectivity index (χ2n) is 7.42. The van der Waals surface area contributed by atoms with Gasteiger partial charge in [-0.3, -0.25) is 14.5 Å². The molecule has 1 aliphatic heterocycles. The molecule has 0 unspecified atom stereocenters. The largest absolute Gasteiger partial charge is 0.416 e. The van der Waals surface area contributed by atoms with Crippen molar-refractivity contribution in [1.82, 2.24) is 9.80 Å². The summed E-state index contributed by atoms with van der Waals surface area (Å²) >= 11 is 0. The first-order valence-electron chi connectivity index (χ1n) is 9.54. The first-order chi connectivity index (χ1) is 14.8. The van der Waals surface area contributed by atoms with Crippen LogP contribution in [0.2, 0.25) is 0 Å².